The minimum atomic E-state index is -0.993. The highest BCUT2D eigenvalue weighted by Gasteiger charge is 2.06. The van der Waals surface area contributed by atoms with E-state index in [0.717, 1.165) is 11.5 Å². The molecule has 8 heavy (non-hydrogen) atoms. The molecule has 0 bridgehead atoms. The summed E-state index contributed by atoms with van der Waals surface area (Å²) >= 11 is 0.831. The summed E-state index contributed by atoms with van der Waals surface area (Å²) in [5, 5.41) is 0. The molecule has 0 aliphatic rings. The molecule has 0 amide bonds. The smallest absolute Gasteiger partial charge is 0.201 e. The largest absolute Gasteiger partial charge is 0.260 e. The van der Waals surface area contributed by atoms with E-state index in [1.165, 1.54) is 6.92 Å². The molecule has 0 spiro atoms. The Balaban J connectivity index is 3.19. The van der Waals surface area contributed by atoms with Crippen molar-refractivity contribution in [3.05, 3.63) is 16.6 Å². The molecule has 0 saturated heterocycles. The molecule has 1 nitrogen and oxygen atoms in total. The Morgan fingerprint density at radius 2 is 2.12 bits per heavy atom. The summed E-state index contributed by atoms with van der Waals surface area (Å²) < 4.78 is 27.0. The molecule has 4 heteroatoms. The van der Waals surface area contributed by atoms with Gasteiger partial charge in [0.05, 0.1) is 4.88 Å². The fourth-order valence-corrected chi connectivity index (χ4v) is 0.796. The molecule has 0 atom stereocenters. The highest BCUT2D eigenvalue weighted by molar-refractivity contribution is 7.05. The minimum Gasteiger partial charge on any atom is -0.201 e. The van der Waals surface area contributed by atoms with E-state index in [0.29, 0.717) is 4.88 Å². The lowest BCUT2D eigenvalue weighted by Crippen LogP contribution is -1.76. The average Bonchev–Trinajstić information content (AvgIpc) is 1.98. The van der Waals surface area contributed by atoms with Gasteiger partial charge in [0.15, 0.2) is 5.82 Å². The summed E-state index contributed by atoms with van der Waals surface area (Å²) in [6.45, 7) is 1.48. The number of rotatable bonds is 0. The molecule has 0 aliphatic carbocycles. The van der Waals surface area contributed by atoms with Crippen molar-refractivity contribution in [3.63, 3.8) is 0 Å². The number of hydrogen-bond acceptors (Lipinski definition) is 2. The molecule has 1 rings (SSSR count). The average molecular weight is 135 g/mol. The van der Waals surface area contributed by atoms with Gasteiger partial charge < -0.3 is 0 Å². The van der Waals surface area contributed by atoms with Gasteiger partial charge in [0.1, 0.15) is 0 Å². The first-order chi connectivity index (χ1) is 3.72. The van der Waals surface area contributed by atoms with Crippen molar-refractivity contribution < 1.29 is 8.78 Å². The van der Waals surface area contributed by atoms with Crippen LogP contribution in [0.1, 0.15) is 4.88 Å². The Hall–Kier alpha value is -0.510. The zero-order valence-corrected chi connectivity index (χ0v) is 4.93. The van der Waals surface area contributed by atoms with E-state index in [1.54, 1.807) is 0 Å². The maximum atomic E-state index is 12.1. The molecule has 44 valence electrons. The van der Waals surface area contributed by atoms with Crippen molar-refractivity contribution in [2.75, 3.05) is 0 Å². The van der Waals surface area contributed by atoms with Gasteiger partial charge in [0.25, 0.3) is 5.95 Å². The SMILES string of the molecule is Cc1snc(F)c1F. The monoisotopic (exact) mass is 135 g/mol. The lowest BCUT2D eigenvalue weighted by molar-refractivity contribution is 0.491. The molecule has 1 aromatic heterocycles. The quantitative estimate of drug-likeness (QED) is 0.528. The van der Waals surface area contributed by atoms with Crippen LogP contribution in [0.15, 0.2) is 0 Å². The van der Waals surface area contributed by atoms with Crippen molar-refractivity contribution in [1.82, 2.24) is 4.37 Å². The van der Waals surface area contributed by atoms with Crippen LogP contribution in [0.25, 0.3) is 0 Å². The van der Waals surface area contributed by atoms with E-state index in [2.05, 4.69) is 4.37 Å². The molecule has 0 saturated carbocycles. The molecule has 1 heterocycles. The van der Waals surface area contributed by atoms with Gasteiger partial charge >= 0.3 is 0 Å². The van der Waals surface area contributed by atoms with Crippen LogP contribution in [0.3, 0.4) is 0 Å². The van der Waals surface area contributed by atoms with Crippen LogP contribution in [0.5, 0.6) is 0 Å². The Kier molecular flexibility index (Phi) is 1.25. The number of aryl methyl sites for hydroxylation is 1. The second-order valence-corrected chi connectivity index (χ2v) is 2.32. The topological polar surface area (TPSA) is 12.9 Å². The van der Waals surface area contributed by atoms with E-state index in [9.17, 15) is 8.78 Å². The molecular formula is C4H3F2NS. The fourth-order valence-electron chi connectivity index (χ4n) is 0.334. The van der Waals surface area contributed by atoms with Crippen LogP contribution < -0.4 is 0 Å². The van der Waals surface area contributed by atoms with E-state index in [1.807, 2.05) is 0 Å². The molecule has 0 aromatic carbocycles. The first kappa shape index (κ1) is 5.62. The number of nitrogens with zero attached hydrogens (tertiary/aromatic N) is 1. The van der Waals surface area contributed by atoms with Gasteiger partial charge in [-0.1, -0.05) is 0 Å². The van der Waals surface area contributed by atoms with Crippen LogP contribution in [0, 0.1) is 18.7 Å². The second kappa shape index (κ2) is 1.78. The lowest BCUT2D eigenvalue weighted by atomic mass is 10.5. The van der Waals surface area contributed by atoms with Gasteiger partial charge in [0.2, 0.25) is 0 Å². The third kappa shape index (κ3) is 0.709. The number of hydrogen-bond donors (Lipinski definition) is 0. The Morgan fingerprint density at radius 1 is 1.50 bits per heavy atom. The van der Waals surface area contributed by atoms with Gasteiger partial charge in [-0.15, -0.1) is 0 Å². The number of aromatic nitrogens is 1. The van der Waals surface area contributed by atoms with E-state index >= 15 is 0 Å². The Labute approximate surface area is 49.1 Å². The van der Waals surface area contributed by atoms with Gasteiger partial charge in [-0.25, -0.2) is 4.39 Å². The van der Waals surface area contributed by atoms with E-state index < -0.39 is 11.8 Å². The maximum absolute atomic E-state index is 12.1. The normalized spacial score (nSPS) is 9.88. The molecule has 0 fully saturated rings. The third-order valence-corrected chi connectivity index (χ3v) is 1.46. The Morgan fingerprint density at radius 3 is 2.25 bits per heavy atom. The third-order valence-electron chi connectivity index (χ3n) is 0.753. The van der Waals surface area contributed by atoms with Crippen LogP contribution in [-0.2, 0) is 0 Å². The van der Waals surface area contributed by atoms with Gasteiger partial charge in [-0.2, -0.15) is 8.76 Å². The fraction of sp³-hybridized carbons (Fsp3) is 0.250. The van der Waals surface area contributed by atoms with Crippen LogP contribution in [0.2, 0.25) is 0 Å². The molecule has 1 aromatic rings. The second-order valence-electron chi connectivity index (χ2n) is 1.34. The highest BCUT2D eigenvalue weighted by atomic mass is 32.1. The molecule has 0 unspecified atom stereocenters. The van der Waals surface area contributed by atoms with Crippen molar-refractivity contribution >= 4 is 11.5 Å². The summed E-state index contributed by atoms with van der Waals surface area (Å²) in [7, 11) is 0. The summed E-state index contributed by atoms with van der Waals surface area (Å²) in [5.74, 6) is -1.82. The maximum Gasteiger partial charge on any atom is 0.260 e. The van der Waals surface area contributed by atoms with Crippen molar-refractivity contribution in [2.45, 2.75) is 6.92 Å². The van der Waals surface area contributed by atoms with Crippen molar-refractivity contribution in [3.8, 4) is 0 Å². The van der Waals surface area contributed by atoms with Crippen LogP contribution in [-0.4, -0.2) is 4.37 Å². The standard InChI is InChI=1S/C4H3F2NS/c1-2-3(5)4(6)7-8-2/h1H3. The van der Waals surface area contributed by atoms with Crippen LogP contribution in [0.4, 0.5) is 8.78 Å². The summed E-state index contributed by atoms with van der Waals surface area (Å²) in [5.41, 5.74) is 0. The number of halogens is 2. The first-order valence-electron chi connectivity index (χ1n) is 1.99. The lowest BCUT2D eigenvalue weighted by Gasteiger charge is -1.75. The van der Waals surface area contributed by atoms with Gasteiger partial charge in [0, 0.05) is 0 Å². The summed E-state index contributed by atoms with van der Waals surface area (Å²) in [6, 6.07) is 0. The molecule has 0 aliphatic heterocycles. The van der Waals surface area contributed by atoms with E-state index in [4.69, 9.17) is 0 Å². The molecule has 0 N–H and O–H groups in total. The summed E-state index contributed by atoms with van der Waals surface area (Å²) in [4.78, 5) is 0.294. The zero-order chi connectivity index (χ0) is 6.15. The van der Waals surface area contributed by atoms with Gasteiger partial charge in [-0.05, 0) is 18.5 Å². The van der Waals surface area contributed by atoms with Gasteiger partial charge in [-0.3, -0.25) is 0 Å². The molecular weight excluding hydrogens is 132 g/mol. The first-order valence-corrected chi connectivity index (χ1v) is 2.76. The predicted molar refractivity (Wildman–Crippen MR) is 26.8 cm³/mol. The zero-order valence-electron chi connectivity index (χ0n) is 4.11. The van der Waals surface area contributed by atoms with Crippen molar-refractivity contribution in [2.24, 2.45) is 0 Å². The Bertz CT molecular complexity index is 176. The summed E-state index contributed by atoms with van der Waals surface area (Å²) in [6.07, 6.45) is 0. The van der Waals surface area contributed by atoms with Crippen molar-refractivity contribution in [1.29, 1.82) is 0 Å². The van der Waals surface area contributed by atoms with Crippen LogP contribution >= 0.6 is 11.5 Å². The molecule has 0 radical (unpaired) electrons. The predicted octanol–water partition coefficient (Wildman–Crippen LogP) is 1.73. The van der Waals surface area contributed by atoms with E-state index in [-0.39, 0.29) is 0 Å². The minimum absolute atomic E-state index is 0.294. The highest BCUT2D eigenvalue weighted by Crippen LogP contribution is 2.12.